The average Bonchev–Trinajstić information content (AvgIpc) is 2.65. The van der Waals surface area contributed by atoms with Crippen molar-refractivity contribution in [3.05, 3.63) is 69.8 Å². The molecule has 142 valence electrons. The molecule has 6 heteroatoms. The van der Waals surface area contributed by atoms with Gasteiger partial charge in [-0.1, -0.05) is 39.0 Å². The number of anilines is 1. The third kappa shape index (κ3) is 5.95. The number of hydrogen-bond donors (Lipinski definition) is 1. The van der Waals surface area contributed by atoms with E-state index in [-0.39, 0.29) is 17.3 Å². The molecule has 0 heterocycles. The Balaban J connectivity index is 2.06. The third-order valence-electron chi connectivity index (χ3n) is 3.91. The molecule has 2 aromatic rings. The largest absolute Gasteiger partial charge is 0.487 e. The lowest BCUT2D eigenvalue weighted by atomic mass is 10.0. The summed E-state index contributed by atoms with van der Waals surface area (Å²) < 4.78 is 5.39. The molecular formula is C21H24N2O4. The molecule has 27 heavy (non-hydrogen) atoms. The summed E-state index contributed by atoms with van der Waals surface area (Å²) >= 11 is 0. The van der Waals surface area contributed by atoms with Crippen molar-refractivity contribution in [1.82, 2.24) is 0 Å². The summed E-state index contributed by atoms with van der Waals surface area (Å²) in [5.74, 6) is 0.352. The third-order valence-corrected chi connectivity index (χ3v) is 3.91. The van der Waals surface area contributed by atoms with Gasteiger partial charge < -0.3 is 10.1 Å². The highest BCUT2D eigenvalue weighted by atomic mass is 16.6. The van der Waals surface area contributed by atoms with Crippen molar-refractivity contribution < 1.29 is 14.5 Å². The zero-order valence-electron chi connectivity index (χ0n) is 15.8. The predicted octanol–water partition coefficient (Wildman–Crippen LogP) is 5.16. The highest BCUT2D eigenvalue weighted by molar-refractivity contribution is 6.01. The highest BCUT2D eigenvalue weighted by Crippen LogP contribution is 2.28. The SMILES string of the molecule is CCCOc1ccc(/C=C/C(=O)Nc2ccc(C(C)C)cc2)cc1[N+](=O)[O-]. The van der Waals surface area contributed by atoms with Gasteiger partial charge in [0.2, 0.25) is 5.91 Å². The monoisotopic (exact) mass is 368 g/mol. The fourth-order valence-electron chi connectivity index (χ4n) is 2.42. The molecule has 0 atom stereocenters. The minimum atomic E-state index is -0.487. The lowest BCUT2D eigenvalue weighted by molar-refractivity contribution is -0.385. The quantitative estimate of drug-likeness (QED) is 0.396. The van der Waals surface area contributed by atoms with E-state index in [0.29, 0.717) is 23.8 Å². The van der Waals surface area contributed by atoms with Crippen LogP contribution in [0.3, 0.4) is 0 Å². The molecule has 1 N–H and O–H groups in total. The van der Waals surface area contributed by atoms with E-state index in [0.717, 1.165) is 6.42 Å². The summed E-state index contributed by atoms with van der Waals surface area (Å²) in [5.41, 5.74) is 2.33. The number of rotatable bonds is 8. The van der Waals surface area contributed by atoms with Gasteiger partial charge in [-0.25, -0.2) is 0 Å². The molecular weight excluding hydrogens is 344 g/mol. The average molecular weight is 368 g/mol. The molecule has 2 rings (SSSR count). The van der Waals surface area contributed by atoms with Crippen LogP contribution in [-0.2, 0) is 4.79 Å². The van der Waals surface area contributed by atoms with Gasteiger partial charge in [0, 0.05) is 17.8 Å². The Labute approximate surface area is 159 Å². The minimum absolute atomic E-state index is 0.115. The molecule has 0 fully saturated rings. The Morgan fingerprint density at radius 1 is 1.22 bits per heavy atom. The molecule has 0 saturated carbocycles. The van der Waals surface area contributed by atoms with E-state index in [1.54, 1.807) is 12.1 Å². The van der Waals surface area contributed by atoms with E-state index in [4.69, 9.17) is 4.74 Å². The van der Waals surface area contributed by atoms with E-state index in [2.05, 4.69) is 19.2 Å². The maximum Gasteiger partial charge on any atom is 0.311 e. The molecule has 0 spiro atoms. The first-order valence-electron chi connectivity index (χ1n) is 8.91. The van der Waals surface area contributed by atoms with Gasteiger partial charge in [-0.2, -0.15) is 0 Å². The van der Waals surface area contributed by atoms with Crippen LogP contribution in [0.1, 0.15) is 44.2 Å². The Kier molecular flexibility index (Phi) is 7.11. The molecule has 1 amide bonds. The van der Waals surface area contributed by atoms with Gasteiger partial charge in [0.05, 0.1) is 11.5 Å². The van der Waals surface area contributed by atoms with Crippen LogP contribution in [0.5, 0.6) is 5.75 Å². The smallest absolute Gasteiger partial charge is 0.311 e. The summed E-state index contributed by atoms with van der Waals surface area (Å²) in [5, 5.41) is 14.0. The number of benzene rings is 2. The maximum absolute atomic E-state index is 12.1. The van der Waals surface area contributed by atoms with E-state index in [9.17, 15) is 14.9 Å². The molecule has 0 aromatic heterocycles. The Morgan fingerprint density at radius 2 is 1.93 bits per heavy atom. The molecule has 0 saturated heterocycles. The second-order valence-electron chi connectivity index (χ2n) is 6.43. The zero-order valence-corrected chi connectivity index (χ0v) is 15.8. The van der Waals surface area contributed by atoms with E-state index >= 15 is 0 Å². The topological polar surface area (TPSA) is 81.5 Å². The number of nitro benzene ring substituents is 1. The van der Waals surface area contributed by atoms with E-state index < -0.39 is 4.92 Å². The number of nitrogens with one attached hydrogen (secondary N) is 1. The standard InChI is InChI=1S/C21H24N2O4/c1-4-13-27-20-11-5-16(14-19(20)23(25)26)6-12-21(24)22-18-9-7-17(8-10-18)15(2)3/h5-12,14-15H,4,13H2,1-3H3,(H,22,24)/b12-6+. The second-order valence-corrected chi connectivity index (χ2v) is 6.43. The van der Waals surface area contributed by atoms with Crippen molar-refractivity contribution in [3.63, 3.8) is 0 Å². The first-order valence-corrected chi connectivity index (χ1v) is 8.91. The van der Waals surface area contributed by atoms with Crippen LogP contribution >= 0.6 is 0 Å². The van der Waals surface area contributed by atoms with Crippen LogP contribution in [0, 0.1) is 10.1 Å². The van der Waals surface area contributed by atoms with Gasteiger partial charge in [-0.3, -0.25) is 14.9 Å². The molecule has 0 aliphatic rings. The molecule has 0 unspecified atom stereocenters. The van der Waals surface area contributed by atoms with Gasteiger partial charge in [-0.05, 0) is 47.7 Å². The summed E-state index contributed by atoms with van der Waals surface area (Å²) in [6.45, 7) is 6.55. The highest BCUT2D eigenvalue weighted by Gasteiger charge is 2.15. The number of nitrogens with zero attached hydrogens (tertiary/aromatic N) is 1. The van der Waals surface area contributed by atoms with Gasteiger partial charge in [0.25, 0.3) is 0 Å². The lowest BCUT2D eigenvalue weighted by Crippen LogP contribution is -2.07. The predicted molar refractivity (Wildman–Crippen MR) is 107 cm³/mol. The fraction of sp³-hybridized carbons (Fsp3) is 0.286. The van der Waals surface area contributed by atoms with Gasteiger partial charge in [-0.15, -0.1) is 0 Å². The van der Waals surface area contributed by atoms with Crippen molar-refractivity contribution in [3.8, 4) is 5.75 Å². The van der Waals surface area contributed by atoms with Crippen molar-refractivity contribution in [1.29, 1.82) is 0 Å². The van der Waals surface area contributed by atoms with E-state index in [1.165, 1.54) is 23.8 Å². The van der Waals surface area contributed by atoms with E-state index in [1.807, 2.05) is 31.2 Å². The normalized spacial score (nSPS) is 11.0. The Morgan fingerprint density at radius 3 is 2.52 bits per heavy atom. The summed E-state index contributed by atoms with van der Waals surface area (Å²) in [6.07, 6.45) is 3.65. The molecule has 0 radical (unpaired) electrons. The zero-order chi connectivity index (χ0) is 19.8. The number of carbonyl (C=O) groups is 1. The summed E-state index contributed by atoms with van der Waals surface area (Å²) in [6, 6.07) is 12.3. The first kappa shape index (κ1) is 20.2. The van der Waals surface area contributed by atoms with Gasteiger partial charge >= 0.3 is 5.69 Å². The van der Waals surface area contributed by atoms with Crippen molar-refractivity contribution in [2.45, 2.75) is 33.1 Å². The Hall–Kier alpha value is -3.15. The van der Waals surface area contributed by atoms with Gasteiger partial charge in [0.1, 0.15) is 0 Å². The lowest BCUT2D eigenvalue weighted by Gasteiger charge is -2.07. The number of ether oxygens (including phenoxy) is 1. The first-order chi connectivity index (χ1) is 12.9. The minimum Gasteiger partial charge on any atom is -0.487 e. The van der Waals surface area contributed by atoms with Crippen molar-refractivity contribution >= 4 is 23.4 Å². The number of carbonyl (C=O) groups excluding carboxylic acids is 1. The molecule has 0 bridgehead atoms. The molecule has 0 aliphatic heterocycles. The van der Waals surface area contributed by atoms with Crippen LogP contribution < -0.4 is 10.1 Å². The number of nitro groups is 1. The second kappa shape index (κ2) is 9.52. The van der Waals surface area contributed by atoms with Crippen molar-refractivity contribution in [2.75, 3.05) is 11.9 Å². The van der Waals surface area contributed by atoms with Crippen molar-refractivity contribution in [2.24, 2.45) is 0 Å². The van der Waals surface area contributed by atoms with Crippen LogP contribution in [0.2, 0.25) is 0 Å². The molecule has 0 aliphatic carbocycles. The summed E-state index contributed by atoms with van der Waals surface area (Å²) in [7, 11) is 0. The fourth-order valence-corrected chi connectivity index (χ4v) is 2.42. The van der Waals surface area contributed by atoms with Crippen LogP contribution in [-0.4, -0.2) is 17.4 Å². The number of amides is 1. The van der Waals surface area contributed by atoms with Crippen LogP contribution in [0.15, 0.2) is 48.5 Å². The number of hydrogen-bond acceptors (Lipinski definition) is 4. The molecule has 2 aromatic carbocycles. The summed E-state index contributed by atoms with van der Waals surface area (Å²) in [4.78, 5) is 22.8. The van der Waals surface area contributed by atoms with Crippen LogP contribution in [0.4, 0.5) is 11.4 Å². The Bertz CT molecular complexity index is 827. The molecule has 6 nitrogen and oxygen atoms in total. The maximum atomic E-state index is 12.1. The van der Waals surface area contributed by atoms with Gasteiger partial charge in [0.15, 0.2) is 5.75 Å². The van der Waals surface area contributed by atoms with Crippen LogP contribution in [0.25, 0.3) is 6.08 Å².